The summed E-state index contributed by atoms with van der Waals surface area (Å²) in [4.78, 5) is 34.5. The normalized spacial score (nSPS) is 16.8. The van der Waals surface area contributed by atoms with Crippen molar-refractivity contribution < 1.29 is 18.4 Å². The molecule has 0 atom stereocenters. The van der Waals surface area contributed by atoms with E-state index in [0.29, 0.717) is 19.6 Å². The van der Waals surface area contributed by atoms with E-state index in [0.717, 1.165) is 30.4 Å². The Morgan fingerprint density at radius 3 is 2.80 bits per heavy atom. The summed E-state index contributed by atoms with van der Waals surface area (Å²) in [6.45, 7) is 4.19. The number of benzene rings is 1. The van der Waals surface area contributed by atoms with Crippen molar-refractivity contribution in [2.45, 2.75) is 19.9 Å². The molecule has 2 aliphatic rings. The van der Waals surface area contributed by atoms with E-state index in [4.69, 9.17) is 0 Å². The summed E-state index contributed by atoms with van der Waals surface area (Å²) >= 11 is 0. The van der Waals surface area contributed by atoms with Crippen LogP contribution < -0.4 is 10.2 Å². The van der Waals surface area contributed by atoms with Crippen LogP contribution in [0.25, 0.3) is 0 Å². The summed E-state index contributed by atoms with van der Waals surface area (Å²) in [5.41, 5.74) is 2.30. The van der Waals surface area contributed by atoms with Gasteiger partial charge in [-0.2, -0.15) is 0 Å². The molecule has 7 nitrogen and oxygen atoms in total. The van der Waals surface area contributed by atoms with Crippen LogP contribution in [-0.4, -0.2) is 59.4 Å². The highest BCUT2D eigenvalue weighted by atomic mass is 19.2. The Labute approximate surface area is 173 Å². The third kappa shape index (κ3) is 4.05. The quantitative estimate of drug-likeness (QED) is 0.837. The molecule has 30 heavy (non-hydrogen) atoms. The van der Waals surface area contributed by atoms with Crippen molar-refractivity contribution >= 4 is 23.3 Å². The van der Waals surface area contributed by atoms with Crippen LogP contribution in [-0.2, 0) is 11.3 Å². The number of hydrogen-bond acceptors (Lipinski definition) is 4. The fourth-order valence-electron chi connectivity index (χ4n) is 3.86. The molecular formula is C21H23F2N5O2. The molecule has 1 aromatic carbocycles. The third-order valence-electron chi connectivity index (χ3n) is 5.49. The second kappa shape index (κ2) is 8.25. The maximum absolute atomic E-state index is 14.1. The van der Waals surface area contributed by atoms with Gasteiger partial charge < -0.3 is 20.0 Å². The van der Waals surface area contributed by atoms with Crippen molar-refractivity contribution in [2.24, 2.45) is 0 Å². The molecule has 3 heterocycles. The summed E-state index contributed by atoms with van der Waals surface area (Å²) in [5, 5.41) is 2.53. The molecule has 0 radical (unpaired) electrons. The van der Waals surface area contributed by atoms with Crippen LogP contribution >= 0.6 is 0 Å². The molecule has 9 heteroatoms. The van der Waals surface area contributed by atoms with Gasteiger partial charge in [0.15, 0.2) is 11.6 Å². The summed E-state index contributed by atoms with van der Waals surface area (Å²) in [5.74, 6) is -2.18. The molecule has 0 bridgehead atoms. The SMILES string of the molecule is Cc1cc(N2CCCN(C(=O)CN3Cc4c(ccc(F)c4F)NC3=O)CC2)ccn1. The number of aromatic nitrogens is 1. The topological polar surface area (TPSA) is 68.8 Å². The van der Waals surface area contributed by atoms with Gasteiger partial charge in [0.2, 0.25) is 5.91 Å². The van der Waals surface area contributed by atoms with Crippen LogP contribution in [0.15, 0.2) is 30.5 Å². The molecule has 1 fully saturated rings. The average Bonchev–Trinajstić information content (AvgIpc) is 2.98. The largest absolute Gasteiger partial charge is 0.370 e. The van der Waals surface area contributed by atoms with Crippen molar-refractivity contribution in [1.29, 1.82) is 0 Å². The van der Waals surface area contributed by atoms with Crippen molar-refractivity contribution in [3.05, 3.63) is 53.4 Å². The number of aryl methyl sites for hydroxylation is 1. The predicted molar refractivity (Wildman–Crippen MR) is 108 cm³/mol. The van der Waals surface area contributed by atoms with Crippen LogP contribution in [0.4, 0.5) is 25.0 Å². The summed E-state index contributed by atoms with van der Waals surface area (Å²) < 4.78 is 27.6. The van der Waals surface area contributed by atoms with E-state index in [1.54, 1.807) is 11.1 Å². The number of rotatable bonds is 3. The number of nitrogens with one attached hydrogen (secondary N) is 1. The zero-order valence-corrected chi connectivity index (χ0v) is 16.7. The molecule has 0 spiro atoms. The second-order valence-electron chi connectivity index (χ2n) is 7.55. The minimum Gasteiger partial charge on any atom is -0.370 e. The first kappa shape index (κ1) is 20.1. The van der Waals surface area contributed by atoms with Crippen LogP contribution in [0.5, 0.6) is 0 Å². The van der Waals surface area contributed by atoms with Crippen molar-refractivity contribution in [3.63, 3.8) is 0 Å². The number of urea groups is 1. The molecule has 4 rings (SSSR count). The number of carbonyl (C=O) groups excluding carboxylic acids is 2. The smallest absolute Gasteiger partial charge is 0.322 e. The maximum atomic E-state index is 14.1. The maximum Gasteiger partial charge on any atom is 0.322 e. The Hall–Kier alpha value is -3.23. The van der Waals surface area contributed by atoms with Crippen molar-refractivity contribution in [1.82, 2.24) is 14.8 Å². The molecule has 3 amide bonds. The third-order valence-corrected chi connectivity index (χ3v) is 5.49. The van der Waals surface area contributed by atoms with Crippen molar-refractivity contribution in [2.75, 3.05) is 42.9 Å². The first-order chi connectivity index (χ1) is 14.4. The minimum atomic E-state index is -0.997. The molecule has 1 saturated heterocycles. The lowest BCUT2D eigenvalue weighted by Gasteiger charge is -2.31. The first-order valence-electron chi connectivity index (χ1n) is 9.90. The number of hydrogen-bond donors (Lipinski definition) is 1. The van der Waals surface area contributed by atoms with Crippen LogP contribution in [0.3, 0.4) is 0 Å². The van der Waals surface area contributed by atoms with Gasteiger partial charge in [0, 0.05) is 49.3 Å². The van der Waals surface area contributed by atoms with Gasteiger partial charge >= 0.3 is 6.03 Å². The number of pyridine rings is 1. The molecule has 2 aromatic rings. The molecule has 0 unspecified atom stereocenters. The van der Waals surface area contributed by atoms with Gasteiger partial charge in [0.05, 0.1) is 12.2 Å². The number of fused-ring (bicyclic) bond motifs is 1. The Morgan fingerprint density at radius 2 is 2.00 bits per heavy atom. The van der Waals surface area contributed by atoms with Gasteiger partial charge in [0.25, 0.3) is 0 Å². The second-order valence-corrected chi connectivity index (χ2v) is 7.55. The van der Waals surface area contributed by atoms with E-state index in [1.165, 1.54) is 11.0 Å². The molecule has 2 aliphatic heterocycles. The van der Waals surface area contributed by atoms with Crippen molar-refractivity contribution in [3.8, 4) is 0 Å². The highest BCUT2D eigenvalue weighted by Gasteiger charge is 2.29. The lowest BCUT2D eigenvalue weighted by molar-refractivity contribution is -0.131. The Bertz CT molecular complexity index is 984. The highest BCUT2D eigenvalue weighted by molar-refractivity contribution is 5.94. The summed E-state index contributed by atoms with van der Waals surface area (Å²) in [7, 11) is 0. The van der Waals surface area contributed by atoms with E-state index < -0.39 is 17.7 Å². The van der Waals surface area contributed by atoms with Gasteiger partial charge in [-0.1, -0.05) is 0 Å². The average molecular weight is 415 g/mol. The van der Waals surface area contributed by atoms with E-state index in [1.807, 2.05) is 19.1 Å². The number of amides is 3. The summed E-state index contributed by atoms with van der Waals surface area (Å²) in [6, 6.07) is 5.77. The standard InChI is InChI=1S/C21H23F2N5O2/c1-14-11-15(5-6-24-14)26-7-2-8-27(10-9-26)19(29)13-28-12-16-18(25-21(28)30)4-3-17(22)20(16)23/h3-6,11H,2,7-10,12-13H2,1H3,(H,25,30). The molecule has 0 saturated carbocycles. The van der Waals surface area contributed by atoms with Crippen LogP contribution in [0.2, 0.25) is 0 Å². The van der Waals surface area contributed by atoms with Gasteiger partial charge in [-0.25, -0.2) is 13.6 Å². The Balaban J connectivity index is 1.40. The monoisotopic (exact) mass is 415 g/mol. The molecule has 1 aromatic heterocycles. The minimum absolute atomic E-state index is 0.0532. The Morgan fingerprint density at radius 1 is 1.17 bits per heavy atom. The number of halogens is 2. The number of carbonyl (C=O) groups is 2. The fraction of sp³-hybridized carbons (Fsp3) is 0.381. The zero-order chi connectivity index (χ0) is 21.3. The van der Waals surface area contributed by atoms with E-state index in [9.17, 15) is 18.4 Å². The van der Waals surface area contributed by atoms with Crippen LogP contribution in [0.1, 0.15) is 17.7 Å². The van der Waals surface area contributed by atoms with Crippen LogP contribution in [0, 0.1) is 18.6 Å². The Kier molecular flexibility index (Phi) is 5.52. The molecule has 0 aliphatic carbocycles. The van der Waals surface area contributed by atoms with Gasteiger partial charge in [-0.05, 0) is 37.6 Å². The lowest BCUT2D eigenvalue weighted by atomic mass is 10.1. The number of nitrogens with zero attached hydrogens (tertiary/aromatic N) is 4. The van der Waals surface area contributed by atoms with Gasteiger partial charge in [-0.15, -0.1) is 0 Å². The van der Waals surface area contributed by atoms with Gasteiger partial charge in [0.1, 0.15) is 6.54 Å². The van der Waals surface area contributed by atoms with E-state index in [2.05, 4.69) is 15.2 Å². The number of anilines is 2. The lowest BCUT2D eigenvalue weighted by Crippen LogP contribution is -2.47. The zero-order valence-electron chi connectivity index (χ0n) is 16.7. The van der Waals surface area contributed by atoms with E-state index >= 15 is 0 Å². The van der Waals surface area contributed by atoms with E-state index in [-0.39, 0.29) is 30.2 Å². The highest BCUT2D eigenvalue weighted by Crippen LogP contribution is 2.27. The first-order valence-corrected chi connectivity index (χ1v) is 9.90. The summed E-state index contributed by atoms with van der Waals surface area (Å²) in [6.07, 6.45) is 2.56. The molecular weight excluding hydrogens is 392 g/mol. The molecule has 158 valence electrons. The van der Waals surface area contributed by atoms with Gasteiger partial charge in [-0.3, -0.25) is 9.78 Å². The molecule has 1 N–H and O–H groups in total. The fourth-order valence-corrected chi connectivity index (χ4v) is 3.86. The predicted octanol–water partition coefficient (Wildman–Crippen LogP) is 2.75.